The minimum atomic E-state index is 0.574. The lowest BCUT2D eigenvalue weighted by Crippen LogP contribution is -2.07. The molecule has 0 amide bonds. The molecular weight excluding hydrogens is 182 g/mol. The Kier molecular flexibility index (Phi) is 3.28. The van der Waals surface area contributed by atoms with Crippen molar-refractivity contribution >= 4 is 6.21 Å². The Morgan fingerprint density at radius 2 is 2.20 bits per heavy atom. The topological polar surface area (TPSA) is 12.4 Å². The molecular formula is C14H23N. The summed E-state index contributed by atoms with van der Waals surface area (Å²) in [5.74, 6) is 0.851. The summed E-state index contributed by atoms with van der Waals surface area (Å²) >= 11 is 0. The first-order chi connectivity index (χ1) is 7.17. The van der Waals surface area contributed by atoms with Crippen molar-refractivity contribution in [2.45, 2.75) is 52.4 Å². The van der Waals surface area contributed by atoms with Crippen LogP contribution in [-0.4, -0.2) is 12.8 Å². The fourth-order valence-corrected chi connectivity index (χ4v) is 2.93. The molecule has 2 aliphatic rings. The van der Waals surface area contributed by atoms with Gasteiger partial charge in [0.25, 0.3) is 0 Å². The van der Waals surface area contributed by atoms with Crippen molar-refractivity contribution in [1.29, 1.82) is 0 Å². The van der Waals surface area contributed by atoms with Gasteiger partial charge in [-0.05, 0) is 55.9 Å². The van der Waals surface area contributed by atoms with Gasteiger partial charge in [0.05, 0.1) is 0 Å². The summed E-state index contributed by atoms with van der Waals surface area (Å²) in [4.78, 5) is 4.39. The molecule has 0 saturated heterocycles. The zero-order chi connectivity index (χ0) is 10.7. The lowest BCUT2D eigenvalue weighted by Gasteiger charge is -2.19. The van der Waals surface area contributed by atoms with Crippen LogP contribution in [0.4, 0.5) is 0 Å². The highest BCUT2D eigenvalue weighted by molar-refractivity contribution is 5.72. The third-order valence-corrected chi connectivity index (χ3v) is 3.89. The van der Waals surface area contributed by atoms with E-state index in [1.807, 2.05) is 6.21 Å². The number of hydrogen-bond donors (Lipinski definition) is 0. The van der Waals surface area contributed by atoms with Crippen LogP contribution in [0.5, 0.6) is 0 Å². The molecule has 1 atom stereocenters. The van der Waals surface area contributed by atoms with E-state index in [2.05, 4.69) is 24.9 Å². The molecule has 1 heterocycles. The van der Waals surface area contributed by atoms with Crippen LogP contribution in [0.25, 0.3) is 0 Å². The summed E-state index contributed by atoms with van der Waals surface area (Å²) < 4.78 is 0. The molecule has 84 valence electrons. The molecule has 1 unspecified atom stereocenters. The lowest BCUT2D eigenvalue weighted by molar-refractivity contribution is 0.368. The molecule has 0 aromatic carbocycles. The fraction of sp³-hybridized carbons (Fsp3) is 0.786. The smallest absolute Gasteiger partial charge is 0.0389 e. The second-order valence-electron chi connectivity index (χ2n) is 5.86. The first kappa shape index (κ1) is 10.9. The van der Waals surface area contributed by atoms with Crippen LogP contribution in [-0.2, 0) is 0 Å². The molecule has 1 heteroatoms. The van der Waals surface area contributed by atoms with Crippen molar-refractivity contribution in [3.8, 4) is 0 Å². The molecule has 0 N–H and O–H groups in total. The Morgan fingerprint density at radius 1 is 1.33 bits per heavy atom. The Hall–Kier alpha value is -0.590. The molecule has 1 saturated carbocycles. The van der Waals surface area contributed by atoms with Gasteiger partial charge in [-0.2, -0.15) is 0 Å². The van der Waals surface area contributed by atoms with E-state index in [0.29, 0.717) is 5.41 Å². The summed E-state index contributed by atoms with van der Waals surface area (Å²) in [6, 6.07) is 0. The van der Waals surface area contributed by atoms with Crippen LogP contribution >= 0.6 is 0 Å². The van der Waals surface area contributed by atoms with Gasteiger partial charge in [0.1, 0.15) is 0 Å². The number of allylic oxidation sites excluding steroid dienone is 2. The van der Waals surface area contributed by atoms with E-state index in [1.54, 1.807) is 5.57 Å². The predicted octanol–water partition coefficient (Wildman–Crippen LogP) is 3.99. The average molecular weight is 205 g/mol. The maximum absolute atomic E-state index is 4.39. The molecule has 1 nitrogen and oxygen atoms in total. The Balaban J connectivity index is 2.03. The highest BCUT2D eigenvalue weighted by atomic mass is 14.7. The van der Waals surface area contributed by atoms with E-state index in [-0.39, 0.29) is 0 Å². The van der Waals surface area contributed by atoms with Gasteiger partial charge in [0, 0.05) is 12.8 Å². The quantitative estimate of drug-likeness (QED) is 0.613. The highest BCUT2D eigenvalue weighted by Gasteiger charge is 2.32. The van der Waals surface area contributed by atoms with Crippen molar-refractivity contribution in [3.05, 3.63) is 11.6 Å². The van der Waals surface area contributed by atoms with E-state index in [4.69, 9.17) is 0 Å². The van der Waals surface area contributed by atoms with Gasteiger partial charge >= 0.3 is 0 Å². The van der Waals surface area contributed by atoms with Gasteiger partial charge in [-0.15, -0.1) is 0 Å². The monoisotopic (exact) mass is 205 g/mol. The van der Waals surface area contributed by atoms with Crippen LogP contribution in [0.15, 0.2) is 16.6 Å². The lowest BCUT2D eigenvalue weighted by atomic mass is 9.86. The molecule has 2 rings (SSSR count). The van der Waals surface area contributed by atoms with Crippen molar-refractivity contribution in [1.82, 2.24) is 0 Å². The predicted molar refractivity (Wildman–Crippen MR) is 66.4 cm³/mol. The van der Waals surface area contributed by atoms with Crippen LogP contribution in [0, 0.1) is 11.3 Å². The minimum absolute atomic E-state index is 0.574. The molecule has 1 aliphatic heterocycles. The molecule has 0 spiro atoms. The second-order valence-corrected chi connectivity index (χ2v) is 5.86. The molecule has 1 fully saturated rings. The first-order valence-electron chi connectivity index (χ1n) is 6.36. The summed E-state index contributed by atoms with van der Waals surface area (Å²) in [5, 5.41) is 0. The van der Waals surface area contributed by atoms with Crippen molar-refractivity contribution in [2.24, 2.45) is 16.3 Å². The van der Waals surface area contributed by atoms with Crippen LogP contribution < -0.4 is 0 Å². The highest BCUT2D eigenvalue weighted by Crippen LogP contribution is 2.44. The third-order valence-electron chi connectivity index (χ3n) is 3.89. The Morgan fingerprint density at radius 3 is 2.93 bits per heavy atom. The standard InChI is InChI=1S/C14H23N/c1-14(2)8-6-13(11-14)12-5-3-4-9-15-10-7-12/h7,10,13H,3-6,8-9,11H2,1-2H3/b12-7+,15-10-. The summed E-state index contributed by atoms with van der Waals surface area (Å²) in [7, 11) is 0. The fourth-order valence-electron chi connectivity index (χ4n) is 2.93. The third kappa shape index (κ3) is 2.93. The number of rotatable bonds is 1. The van der Waals surface area contributed by atoms with Gasteiger partial charge < -0.3 is 0 Å². The van der Waals surface area contributed by atoms with Crippen LogP contribution in [0.2, 0.25) is 0 Å². The molecule has 0 radical (unpaired) electrons. The van der Waals surface area contributed by atoms with Gasteiger partial charge in [-0.1, -0.05) is 19.4 Å². The first-order valence-corrected chi connectivity index (χ1v) is 6.36. The number of aliphatic imine (C=N–C) groups is 1. The van der Waals surface area contributed by atoms with E-state index in [9.17, 15) is 0 Å². The van der Waals surface area contributed by atoms with Gasteiger partial charge in [-0.25, -0.2) is 0 Å². The Labute approximate surface area is 93.7 Å². The van der Waals surface area contributed by atoms with Crippen molar-refractivity contribution < 1.29 is 0 Å². The maximum atomic E-state index is 4.39. The van der Waals surface area contributed by atoms with E-state index < -0.39 is 0 Å². The van der Waals surface area contributed by atoms with Gasteiger partial charge in [0.15, 0.2) is 0 Å². The van der Waals surface area contributed by atoms with E-state index in [0.717, 1.165) is 12.5 Å². The van der Waals surface area contributed by atoms with Crippen LogP contribution in [0.3, 0.4) is 0 Å². The Bertz CT molecular complexity index is 273. The summed E-state index contributed by atoms with van der Waals surface area (Å²) in [5.41, 5.74) is 2.24. The molecule has 0 aromatic rings. The molecule has 15 heavy (non-hydrogen) atoms. The van der Waals surface area contributed by atoms with Crippen LogP contribution in [0.1, 0.15) is 52.4 Å². The van der Waals surface area contributed by atoms with Crippen molar-refractivity contribution in [2.75, 3.05) is 6.54 Å². The van der Waals surface area contributed by atoms with Gasteiger partial charge in [-0.3, -0.25) is 4.99 Å². The number of nitrogens with zero attached hydrogens (tertiary/aromatic N) is 1. The SMILES string of the molecule is CC1(C)CCC(/C2=C/C=N\CCCC2)C1. The molecule has 0 bridgehead atoms. The summed E-state index contributed by atoms with van der Waals surface area (Å²) in [6.45, 7) is 5.84. The second kappa shape index (κ2) is 4.51. The van der Waals surface area contributed by atoms with Crippen molar-refractivity contribution in [3.63, 3.8) is 0 Å². The maximum Gasteiger partial charge on any atom is 0.0389 e. The molecule has 1 aliphatic carbocycles. The molecule has 0 aromatic heterocycles. The zero-order valence-corrected chi connectivity index (χ0v) is 10.1. The van der Waals surface area contributed by atoms with E-state index >= 15 is 0 Å². The summed E-state index contributed by atoms with van der Waals surface area (Å²) in [6.07, 6.45) is 12.4. The van der Waals surface area contributed by atoms with E-state index in [1.165, 1.54) is 38.5 Å². The van der Waals surface area contributed by atoms with Gasteiger partial charge in [0.2, 0.25) is 0 Å². The largest absolute Gasteiger partial charge is 0.293 e. The normalized spacial score (nSPS) is 36.4. The minimum Gasteiger partial charge on any atom is -0.293 e. The number of hydrogen-bond acceptors (Lipinski definition) is 1. The zero-order valence-electron chi connectivity index (χ0n) is 10.1. The average Bonchev–Trinajstić information content (AvgIpc) is 2.45.